The molecule has 1 saturated carbocycles. The zero-order valence-corrected chi connectivity index (χ0v) is 12.9. The molecule has 0 bridgehead atoms. The van der Waals surface area contributed by atoms with Crippen molar-refractivity contribution in [2.45, 2.75) is 28.9 Å². The summed E-state index contributed by atoms with van der Waals surface area (Å²) in [4.78, 5) is 25.0. The number of aliphatic carboxylic acids is 1. The van der Waals surface area contributed by atoms with Crippen LogP contribution in [0.4, 0.5) is 4.79 Å². The van der Waals surface area contributed by atoms with Crippen molar-refractivity contribution in [2.75, 3.05) is 20.1 Å². The van der Waals surface area contributed by atoms with Gasteiger partial charge < -0.3 is 15.3 Å². The molecule has 114 valence electrons. The number of carboxylic acids is 1. The van der Waals surface area contributed by atoms with E-state index >= 15 is 0 Å². The van der Waals surface area contributed by atoms with E-state index in [9.17, 15) is 9.59 Å². The SMILES string of the molecule is CN(CCC(=O)O)C(=O)NCC1(Sc2ccccc2)CC1. The molecule has 0 spiro atoms. The Balaban J connectivity index is 1.77. The number of benzene rings is 1. The van der Waals surface area contributed by atoms with Crippen molar-refractivity contribution < 1.29 is 14.7 Å². The van der Waals surface area contributed by atoms with E-state index in [1.54, 1.807) is 18.8 Å². The average molecular weight is 308 g/mol. The quantitative estimate of drug-likeness (QED) is 0.811. The molecule has 0 aromatic heterocycles. The van der Waals surface area contributed by atoms with E-state index in [1.807, 2.05) is 18.2 Å². The van der Waals surface area contributed by atoms with Crippen LogP contribution in [0.3, 0.4) is 0 Å². The van der Waals surface area contributed by atoms with Crippen molar-refractivity contribution in [3.05, 3.63) is 30.3 Å². The fraction of sp³-hybridized carbons (Fsp3) is 0.467. The van der Waals surface area contributed by atoms with Crippen LogP contribution in [0.15, 0.2) is 35.2 Å². The zero-order valence-electron chi connectivity index (χ0n) is 12.0. The molecule has 21 heavy (non-hydrogen) atoms. The van der Waals surface area contributed by atoms with E-state index in [0.29, 0.717) is 6.54 Å². The average Bonchev–Trinajstić information content (AvgIpc) is 3.23. The summed E-state index contributed by atoms with van der Waals surface area (Å²) in [6.07, 6.45) is 2.14. The highest BCUT2D eigenvalue weighted by Gasteiger charge is 2.44. The van der Waals surface area contributed by atoms with Crippen molar-refractivity contribution >= 4 is 23.8 Å². The van der Waals surface area contributed by atoms with Gasteiger partial charge in [0.2, 0.25) is 0 Å². The van der Waals surface area contributed by atoms with Crippen LogP contribution in [-0.2, 0) is 4.79 Å². The molecule has 1 aromatic rings. The van der Waals surface area contributed by atoms with Gasteiger partial charge >= 0.3 is 12.0 Å². The standard InChI is InChI=1S/C15H20N2O3S/c1-17(10-7-13(18)19)14(20)16-11-15(8-9-15)21-12-5-3-2-4-6-12/h2-6H,7-11H2,1H3,(H,16,20)(H,18,19). The predicted octanol–water partition coefficient (Wildman–Crippen LogP) is 2.43. The fourth-order valence-electron chi connectivity index (χ4n) is 1.93. The maximum atomic E-state index is 11.9. The Bertz CT molecular complexity index is 503. The maximum Gasteiger partial charge on any atom is 0.317 e. The molecule has 1 aliphatic rings. The summed E-state index contributed by atoms with van der Waals surface area (Å²) in [6.45, 7) is 0.836. The van der Waals surface area contributed by atoms with Crippen LogP contribution in [0.25, 0.3) is 0 Å². The number of nitrogens with zero attached hydrogens (tertiary/aromatic N) is 1. The third-order valence-corrected chi connectivity index (χ3v) is 4.95. The third kappa shape index (κ3) is 4.97. The molecule has 1 aliphatic carbocycles. The van der Waals surface area contributed by atoms with Crippen molar-refractivity contribution in [3.63, 3.8) is 0 Å². The molecule has 0 heterocycles. The summed E-state index contributed by atoms with van der Waals surface area (Å²) in [5.41, 5.74) is 0. The number of amides is 2. The van der Waals surface area contributed by atoms with Crippen LogP contribution >= 0.6 is 11.8 Å². The highest BCUT2D eigenvalue weighted by molar-refractivity contribution is 8.01. The third-order valence-electron chi connectivity index (χ3n) is 3.45. The van der Waals surface area contributed by atoms with Crippen LogP contribution in [0, 0.1) is 0 Å². The van der Waals surface area contributed by atoms with Crippen LogP contribution in [0.2, 0.25) is 0 Å². The number of carboxylic acid groups (broad SMARTS) is 1. The van der Waals surface area contributed by atoms with E-state index in [-0.39, 0.29) is 23.7 Å². The number of carbonyl (C=O) groups is 2. The Labute approximate surface area is 128 Å². The number of urea groups is 1. The van der Waals surface area contributed by atoms with Crippen molar-refractivity contribution in [1.82, 2.24) is 10.2 Å². The lowest BCUT2D eigenvalue weighted by Crippen LogP contribution is -2.41. The summed E-state index contributed by atoms with van der Waals surface area (Å²) in [5, 5.41) is 11.5. The molecule has 0 radical (unpaired) electrons. The number of nitrogens with one attached hydrogen (secondary N) is 1. The summed E-state index contributed by atoms with van der Waals surface area (Å²) in [7, 11) is 1.61. The van der Waals surface area contributed by atoms with E-state index in [0.717, 1.165) is 12.8 Å². The number of thioether (sulfide) groups is 1. The Kier molecular flexibility index (Phi) is 5.12. The molecule has 2 N–H and O–H groups in total. The van der Waals surface area contributed by atoms with Gasteiger partial charge in [0.15, 0.2) is 0 Å². The first-order valence-electron chi connectivity index (χ1n) is 6.96. The van der Waals surface area contributed by atoms with E-state index in [4.69, 9.17) is 5.11 Å². The van der Waals surface area contributed by atoms with Gasteiger partial charge in [-0.25, -0.2) is 4.79 Å². The van der Waals surface area contributed by atoms with E-state index in [1.165, 1.54) is 9.80 Å². The second-order valence-electron chi connectivity index (χ2n) is 5.32. The minimum atomic E-state index is -0.895. The fourth-order valence-corrected chi connectivity index (χ4v) is 3.17. The molecule has 1 fully saturated rings. The molecular weight excluding hydrogens is 288 g/mol. The minimum Gasteiger partial charge on any atom is -0.481 e. The summed E-state index contributed by atoms with van der Waals surface area (Å²) in [5.74, 6) is -0.895. The van der Waals surface area contributed by atoms with Gasteiger partial charge in [0, 0.05) is 29.8 Å². The lowest BCUT2D eigenvalue weighted by molar-refractivity contribution is -0.137. The van der Waals surface area contributed by atoms with E-state index in [2.05, 4.69) is 17.4 Å². The van der Waals surface area contributed by atoms with Gasteiger partial charge in [0.25, 0.3) is 0 Å². The Morgan fingerprint density at radius 3 is 2.57 bits per heavy atom. The van der Waals surface area contributed by atoms with Crippen LogP contribution < -0.4 is 5.32 Å². The van der Waals surface area contributed by atoms with Gasteiger partial charge in [-0.05, 0) is 25.0 Å². The Morgan fingerprint density at radius 2 is 2.00 bits per heavy atom. The molecule has 0 atom stereocenters. The maximum absolute atomic E-state index is 11.9. The lowest BCUT2D eigenvalue weighted by atomic mass is 10.4. The van der Waals surface area contributed by atoms with Crippen molar-refractivity contribution in [1.29, 1.82) is 0 Å². The number of hydrogen-bond donors (Lipinski definition) is 2. The molecule has 2 amide bonds. The molecule has 0 unspecified atom stereocenters. The highest BCUT2D eigenvalue weighted by atomic mass is 32.2. The van der Waals surface area contributed by atoms with Gasteiger partial charge in [-0.15, -0.1) is 11.8 Å². The zero-order chi connectivity index (χ0) is 15.3. The van der Waals surface area contributed by atoms with Crippen LogP contribution in [-0.4, -0.2) is 46.9 Å². The van der Waals surface area contributed by atoms with Gasteiger partial charge in [-0.2, -0.15) is 0 Å². The Hall–Kier alpha value is -1.69. The summed E-state index contributed by atoms with van der Waals surface area (Å²) < 4.78 is 0.102. The molecule has 2 rings (SSSR count). The monoisotopic (exact) mass is 308 g/mol. The molecule has 0 saturated heterocycles. The Morgan fingerprint density at radius 1 is 1.33 bits per heavy atom. The van der Waals surface area contributed by atoms with Crippen LogP contribution in [0.1, 0.15) is 19.3 Å². The molecule has 1 aromatic carbocycles. The van der Waals surface area contributed by atoms with Crippen molar-refractivity contribution in [2.24, 2.45) is 0 Å². The number of hydrogen-bond acceptors (Lipinski definition) is 3. The number of carbonyl (C=O) groups excluding carboxylic acids is 1. The van der Waals surface area contributed by atoms with Gasteiger partial charge in [0.05, 0.1) is 6.42 Å². The largest absolute Gasteiger partial charge is 0.481 e. The van der Waals surface area contributed by atoms with Gasteiger partial charge in [-0.1, -0.05) is 18.2 Å². The first-order chi connectivity index (χ1) is 10.0. The predicted molar refractivity (Wildman–Crippen MR) is 82.5 cm³/mol. The van der Waals surface area contributed by atoms with Gasteiger partial charge in [0.1, 0.15) is 0 Å². The first-order valence-corrected chi connectivity index (χ1v) is 7.77. The molecule has 0 aliphatic heterocycles. The highest BCUT2D eigenvalue weighted by Crippen LogP contribution is 2.51. The lowest BCUT2D eigenvalue weighted by Gasteiger charge is -2.20. The normalized spacial score (nSPS) is 15.3. The molecule has 5 nitrogen and oxygen atoms in total. The first kappa shape index (κ1) is 15.7. The smallest absolute Gasteiger partial charge is 0.317 e. The number of rotatable bonds is 7. The second-order valence-corrected chi connectivity index (χ2v) is 6.86. The second kappa shape index (κ2) is 6.85. The van der Waals surface area contributed by atoms with Crippen LogP contribution in [0.5, 0.6) is 0 Å². The minimum absolute atomic E-state index is 0.0339. The summed E-state index contributed by atoms with van der Waals surface area (Å²) in [6, 6.07) is 9.95. The van der Waals surface area contributed by atoms with E-state index < -0.39 is 5.97 Å². The summed E-state index contributed by atoms with van der Waals surface area (Å²) >= 11 is 1.80. The topological polar surface area (TPSA) is 69.6 Å². The molecular formula is C15H20N2O3S. The van der Waals surface area contributed by atoms with Crippen molar-refractivity contribution in [3.8, 4) is 0 Å². The molecule has 6 heteroatoms. The van der Waals surface area contributed by atoms with Gasteiger partial charge in [-0.3, -0.25) is 4.79 Å².